The van der Waals surface area contributed by atoms with Gasteiger partial charge in [-0.15, -0.1) is 11.3 Å². The van der Waals surface area contributed by atoms with Crippen LogP contribution in [0.3, 0.4) is 0 Å². The number of hydrogen-bond donors (Lipinski definition) is 3. The van der Waals surface area contributed by atoms with Gasteiger partial charge in [-0.2, -0.15) is 5.26 Å². The summed E-state index contributed by atoms with van der Waals surface area (Å²) in [6, 6.07) is 20.0. The van der Waals surface area contributed by atoms with Crippen molar-refractivity contribution in [2.24, 2.45) is 5.92 Å². The first-order valence-electron chi connectivity index (χ1n) is 16.7. The Morgan fingerprint density at radius 1 is 1.02 bits per heavy atom. The third-order valence-electron chi connectivity index (χ3n) is 9.22. The molecule has 1 amide bonds. The zero-order valence-electron chi connectivity index (χ0n) is 27.5. The predicted molar refractivity (Wildman–Crippen MR) is 199 cm³/mol. The van der Waals surface area contributed by atoms with Gasteiger partial charge < -0.3 is 20.7 Å². The maximum atomic E-state index is 11.5. The van der Waals surface area contributed by atoms with Crippen LogP contribution >= 0.6 is 34.5 Å². The van der Waals surface area contributed by atoms with Crippen molar-refractivity contribution in [3.8, 4) is 34.3 Å². The summed E-state index contributed by atoms with van der Waals surface area (Å²) < 4.78 is 6.70. The van der Waals surface area contributed by atoms with Crippen molar-refractivity contribution in [2.75, 3.05) is 32.1 Å². The van der Waals surface area contributed by atoms with Crippen LogP contribution in [0.25, 0.3) is 32.6 Å². The number of nitrogens with one attached hydrogen (secondary N) is 3. The smallest absolute Gasteiger partial charge is 0.220 e. The molecule has 1 atom stereocenters. The molecular formula is C37H36Cl2N8O2S. The zero-order valence-corrected chi connectivity index (χ0v) is 29.8. The number of anilines is 2. The Morgan fingerprint density at radius 2 is 1.80 bits per heavy atom. The van der Waals surface area contributed by atoms with Crippen molar-refractivity contribution < 1.29 is 9.53 Å². The minimum Gasteiger partial charge on any atom is -0.481 e. The van der Waals surface area contributed by atoms with E-state index >= 15 is 0 Å². The van der Waals surface area contributed by atoms with E-state index in [2.05, 4.69) is 31.9 Å². The fraction of sp³-hybridized carbons (Fsp3) is 0.324. The largest absolute Gasteiger partial charge is 0.481 e. The van der Waals surface area contributed by atoms with Gasteiger partial charge in [-0.3, -0.25) is 9.69 Å². The third kappa shape index (κ3) is 7.41. The molecule has 2 aromatic carbocycles. The number of ether oxygens (including phenoxy) is 1. The second-order valence-electron chi connectivity index (χ2n) is 12.6. The predicted octanol–water partition coefficient (Wildman–Crippen LogP) is 7.58. The lowest BCUT2D eigenvalue weighted by atomic mass is 9.99. The quantitative estimate of drug-likeness (QED) is 0.126. The van der Waals surface area contributed by atoms with E-state index in [1.54, 1.807) is 24.6 Å². The van der Waals surface area contributed by atoms with Gasteiger partial charge in [0.15, 0.2) is 5.82 Å². The number of methoxy groups -OCH3 is 1. The summed E-state index contributed by atoms with van der Waals surface area (Å²) in [4.78, 5) is 28.3. The molecule has 2 fully saturated rings. The van der Waals surface area contributed by atoms with Crippen LogP contribution in [0.4, 0.5) is 11.5 Å². The number of thiazole rings is 1. The first kappa shape index (κ1) is 34.2. The molecule has 5 heterocycles. The van der Waals surface area contributed by atoms with Crippen LogP contribution in [-0.2, 0) is 17.9 Å². The summed E-state index contributed by atoms with van der Waals surface area (Å²) in [6.07, 6.45) is 4.99. The summed E-state index contributed by atoms with van der Waals surface area (Å²) in [5.41, 5.74) is 5.36. The number of piperidine rings is 1. The lowest BCUT2D eigenvalue weighted by Crippen LogP contribution is -2.35. The minimum atomic E-state index is 0.101. The molecule has 10 nitrogen and oxygen atoms in total. The van der Waals surface area contributed by atoms with E-state index in [-0.39, 0.29) is 17.9 Å². The van der Waals surface area contributed by atoms with Crippen LogP contribution in [0.5, 0.6) is 5.88 Å². The number of aromatic nitrogens is 3. The number of halogens is 2. The molecule has 7 rings (SSSR count). The Kier molecular flexibility index (Phi) is 10.4. The average molecular weight is 728 g/mol. The number of hydrogen-bond acceptors (Lipinski definition) is 10. The van der Waals surface area contributed by atoms with Crippen molar-refractivity contribution in [3.63, 3.8) is 0 Å². The second kappa shape index (κ2) is 15.3. The Labute approximate surface area is 304 Å². The van der Waals surface area contributed by atoms with Crippen molar-refractivity contribution in [1.82, 2.24) is 30.5 Å². The van der Waals surface area contributed by atoms with Crippen LogP contribution < -0.4 is 20.7 Å². The summed E-state index contributed by atoms with van der Waals surface area (Å²) in [5.74, 6) is 1.39. The van der Waals surface area contributed by atoms with Crippen LogP contribution in [0.15, 0.2) is 60.8 Å². The number of likely N-dealkylation sites (tertiary alicyclic amines) is 1. The fourth-order valence-electron chi connectivity index (χ4n) is 6.52. The molecule has 0 unspecified atom stereocenters. The number of benzene rings is 2. The van der Waals surface area contributed by atoms with E-state index in [0.29, 0.717) is 52.6 Å². The Balaban J connectivity index is 1.10. The van der Waals surface area contributed by atoms with Crippen molar-refractivity contribution in [3.05, 3.63) is 81.4 Å². The number of amides is 1. The number of fused-ring (bicyclic) bond motifs is 1. The monoisotopic (exact) mass is 726 g/mol. The first-order valence-corrected chi connectivity index (χ1v) is 18.2. The molecule has 256 valence electrons. The van der Waals surface area contributed by atoms with Gasteiger partial charge in [0.25, 0.3) is 0 Å². The standard InChI is InChI=1S/C37H36Cl2N8O2S/c1-49-37-23(19-41-20-24-9-11-31(48)43-24)8-10-28(45-37)27-6-2-4-25(33(27)38)26-5-3-7-29(34(26)39)44-36-35-30(12-15-42-36)50-32(46-35)21-47-16-13-22(18-40)14-17-47/h2-8,10,12,15,22,24,41H,9,11,13-14,16-17,19-21H2,1H3,(H,42,44)(H,43,48)/t24-/m0/s1. The normalized spacial score (nSPS) is 16.8. The molecule has 3 N–H and O–H groups in total. The van der Waals surface area contributed by atoms with Gasteiger partial charge in [0, 0.05) is 59.9 Å². The number of rotatable bonds is 11. The highest BCUT2D eigenvalue weighted by atomic mass is 35.5. The highest BCUT2D eigenvalue weighted by Crippen LogP contribution is 2.42. The molecule has 0 bridgehead atoms. The van der Waals surface area contributed by atoms with Crippen molar-refractivity contribution in [2.45, 2.75) is 44.8 Å². The van der Waals surface area contributed by atoms with Crippen molar-refractivity contribution in [1.29, 1.82) is 5.26 Å². The maximum Gasteiger partial charge on any atom is 0.220 e. The molecule has 0 spiro atoms. The lowest BCUT2D eigenvalue weighted by Gasteiger charge is -2.27. The number of carbonyl (C=O) groups excluding carboxylic acids is 1. The highest BCUT2D eigenvalue weighted by molar-refractivity contribution is 7.18. The maximum absolute atomic E-state index is 11.5. The molecule has 50 heavy (non-hydrogen) atoms. The molecule has 0 saturated carbocycles. The molecule has 5 aromatic rings. The lowest BCUT2D eigenvalue weighted by molar-refractivity contribution is -0.119. The van der Waals surface area contributed by atoms with Gasteiger partial charge >= 0.3 is 0 Å². The first-order chi connectivity index (χ1) is 24.4. The topological polar surface area (TPSA) is 128 Å². The molecule has 13 heteroatoms. The number of carbonyl (C=O) groups is 1. The van der Waals surface area contributed by atoms with E-state index in [9.17, 15) is 10.1 Å². The Morgan fingerprint density at radius 3 is 2.56 bits per heavy atom. The third-order valence-corrected chi connectivity index (χ3v) is 11.0. The van der Waals surface area contributed by atoms with Crippen LogP contribution in [-0.4, -0.2) is 58.5 Å². The van der Waals surface area contributed by atoms with Gasteiger partial charge in [0.1, 0.15) is 10.5 Å². The Hall–Kier alpha value is -4.31. The van der Waals surface area contributed by atoms with Crippen molar-refractivity contribution >= 4 is 62.2 Å². The average Bonchev–Trinajstić information content (AvgIpc) is 3.75. The van der Waals surface area contributed by atoms with Crippen LogP contribution in [0.1, 0.15) is 36.3 Å². The molecule has 2 aliphatic rings. The van der Waals surface area contributed by atoms with Gasteiger partial charge in [0.2, 0.25) is 11.8 Å². The summed E-state index contributed by atoms with van der Waals surface area (Å²) in [7, 11) is 1.60. The van der Waals surface area contributed by atoms with Gasteiger partial charge in [-0.1, -0.05) is 59.6 Å². The molecule has 0 aliphatic carbocycles. The van der Waals surface area contributed by atoms with E-state index in [1.807, 2.05) is 54.6 Å². The molecule has 2 aliphatic heterocycles. The SMILES string of the molecule is COc1nc(-c2cccc(-c3cccc(Nc4nccc5sc(CN6CCC(C#N)CC6)nc45)c3Cl)c2Cl)ccc1CNC[C@@H]1CCC(=O)N1. The second-order valence-corrected chi connectivity index (χ2v) is 14.4. The zero-order chi connectivity index (χ0) is 34.6. The Bertz CT molecular complexity index is 2070. The van der Waals surface area contributed by atoms with E-state index in [4.69, 9.17) is 37.9 Å². The van der Waals surface area contributed by atoms with Crippen LogP contribution in [0, 0.1) is 17.2 Å². The number of nitriles is 1. The molecule has 3 aromatic heterocycles. The van der Waals surface area contributed by atoms with Crippen LogP contribution in [0.2, 0.25) is 10.0 Å². The summed E-state index contributed by atoms with van der Waals surface area (Å²) in [6.45, 7) is 3.79. The van der Waals surface area contributed by atoms with E-state index in [1.165, 1.54) is 0 Å². The van der Waals surface area contributed by atoms with Gasteiger partial charge in [0.05, 0.1) is 45.9 Å². The van der Waals surface area contributed by atoms with Gasteiger partial charge in [-0.05, 0) is 50.6 Å². The molecule has 2 saturated heterocycles. The minimum absolute atomic E-state index is 0.101. The summed E-state index contributed by atoms with van der Waals surface area (Å²) >= 11 is 15.8. The van der Waals surface area contributed by atoms with E-state index < -0.39 is 0 Å². The molecule has 0 radical (unpaired) electrons. The van der Waals surface area contributed by atoms with E-state index in [0.717, 1.165) is 76.4 Å². The highest BCUT2D eigenvalue weighted by Gasteiger charge is 2.22. The number of pyridine rings is 2. The molecular weight excluding hydrogens is 691 g/mol. The number of nitrogens with zero attached hydrogens (tertiary/aromatic N) is 5. The fourth-order valence-corrected chi connectivity index (χ4v) is 8.12. The van der Waals surface area contributed by atoms with Gasteiger partial charge in [-0.25, -0.2) is 15.0 Å². The summed E-state index contributed by atoms with van der Waals surface area (Å²) in [5, 5.41) is 21.1.